The summed E-state index contributed by atoms with van der Waals surface area (Å²) in [6, 6.07) is 12.8. The molecule has 0 radical (unpaired) electrons. The first kappa shape index (κ1) is 21.3. The number of rotatable bonds is 6. The van der Waals surface area contributed by atoms with Crippen LogP contribution in [0.5, 0.6) is 5.75 Å². The van der Waals surface area contributed by atoms with Crippen LogP contribution in [0.15, 0.2) is 58.3 Å². The van der Waals surface area contributed by atoms with Crippen molar-refractivity contribution in [2.24, 2.45) is 0 Å². The lowest BCUT2D eigenvalue weighted by Crippen LogP contribution is -2.31. The predicted molar refractivity (Wildman–Crippen MR) is 113 cm³/mol. The average Bonchev–Trinajstić information content (AvgIpc) is 3.46. The van der Waals surface area contributed by atoms with Crippen LogP contribution in [0.3, 0.4) is 0 Å². The maximum Gasteiger partial charge on any atom is 0.243 e. The van der Waals surface area contributed by atoms with Gasteiger partial charge < -0.3 is 4.74 Å². The Balaban J connectivity index is 1.61. The normalized spacial score (nSPS) is 21.2. The molecule has 30 heavy (non-hydrogen) atoms. The SMILES string of the molecule is COc1cccc(C2CCCN2S(=O)(=O)c2ccc(S(=O)(=O)N3CCCC3)cc2)c1. The molecule has 1 atom stereocenters. The molecule has 2 aromatic rings. The van der Waals surface area contributed by atoms with Gasteiger partial charge in [0.2, 0.25) is 20.0 Å². The van der Waals surface area contributed by atoms with Crippen molar-refractivity contribution in [2.45, 2.75) is 41.5 Å². The standard InChI is InChI=1S/C21H26N2O5S2/c1-28-18-7-4-6-17(16-18)21-8-5-15-23(21)30(26,27)20-11-9-19(10-12-20)29(24,25)22-13-2-3-14-22/h4,6-7,9-12,16,21H,2-3,5,8,13-15H2,1H3. The van der Waals surface area contributed by atoms with Gasteiger partial charge in [-0.15, -0.1) is 0 Å². The highest BCUT2D eigenvalue weighted by atomic mass is 32.2. The molecule has 0 spiro atoms. The van der Waals surface area contributed by atoms with E-state index in [1.54, 1.807) is 7.11 Å². The van der Waals surface area contributed by atoms with Crippen molar-refractivity contribution in [1.82, 2.24) is 8.61 Å². The molecule has 7 nitrogen and oxygen atoms in total. The van der Waals surface area contributed by atoms with E-state index < -0.39 is 20.0 Å². The van der Waals surface area contributed by atoms with Gasteiger partial charge in [0.25, 0.3) is 0 Å². The summed E-state index contributed by atoms with van der Waals surface area (Å²) in [6.45, 7) is 1.45. The van der Waals surface area contributed by atoms with Crippen LogP contribution < -0.4 is 4.74 Å². The fourth-order valence-corrected chi connectivity index (χ4v) is 7.41. The Bertz CT molecular complexity index is 1110. The van der Waals surface area contributed by atoms with Gasteiger partial charge in [0.05, 0.1) is 22.9 Å². The predicted octanol–water partition coefficient (Wildman–Crippen LogP) is 3.01. The molecule has 0 amide bonds. The zero-order chi connectivity index (χ0) is 21.4. The number of ether oxygens (including phenoxy) is 1. The molecule has 2 aliphatic heterocycles. The molecule has 0 bridgehead atoms. The second kappa shape index (κ2) is 8.30. The Morgan fingerprint density at radius 2 is 1.47 bits per heavy atom. The molecule has 2 fully saturated rings. The molecule has 0 N–H and O–H groups in total. The third-order valence-corrected chi connectivity index (χ3v) is 9.65. The molecule has 0 aliphatic carbocycles. The van der Waals surface area contributed by atoms with Crippen molar-refractivity contribution >= 4 is 20.0 Å². The van der Waals surface area contributed by atoms with Crippen molar-refractivity contribution in [3.8, 4) is 5.75 Å². The highest BCUT2D eigenvalue weighted by Crippen LogP contribution is 2.37. The van der Waals surface area contributed by atoms with Crippen LogP contribution in [0.2, 0.25) is 0 Å². The summed E-state index contributed by atoms with van der Waals surface area (Å²) < 4.78 is 60.3. The molecular formula is C21H26N2O5S2. The van der Waals surface area contributed by atoms with E-state index in [4.69, 9.17) is 4.74 Å². The zero-order valence-electron chi connectivity index (χ0n) is 16.9. The summed E-state index contributed by atoms with van der Waals surface area (Å²) in [5, 5.41) is 0. The average molecular weight is 451 g/mol. The molecule has 2 aromatic carbocycles. The Kier molecular flexibility index (Phi) is 5.89. The Labute approximate surface area is 178 Å². The van der Waals surface area contributed by atoms with E-state index in [1.165, 1.54) is 32.9 Å². The quantitative estimate of drug-likeness (QED) is 0.676. The number of methoxy groups -OCH3 is 1. The first-order valence-electron chi connectivity index (χ1n) is 10.1. The summed E-state index contributed by atoms with van der Waals surface area (Å²) >= 11 is 0. The second-order valence-electron chi connectivity index (χ2n) is 7.63. The molecule has 2 aliphatic rings. The van der Waals surface area contributed by atoms with Crippen LogP contribution in [-0.4, -0.2) is 52.2 Å². The van der Waals surface area contributed by atoms with E-state index in [0.29, 0.717) is 25.4 Å². The summed E-state index contributed by atoms with van der Waals surface area (Å²) in [6.07, 6.45) is 3.20. The second-order valence-corrected chi connectivity index (χ2v) is 11.5. The molecule has 4 rings (SSSR count). The van der Waals surface area contributed by atoms with Crippen molar-refractivity contribution < 1.29 is 21.6 Å². The fourth-order valence-electron chi connectivity index (χ4n) is 4.21. The lowest BCUT2D eigenvalue weighted by atomic mass is 10.1. The van der Waals surface area contributed by atoms with Crippen molar-refractivity contribution in [1.29, 1.82) is 0 Å². The topological polar surface area (TPSA) is 84.0 Å². The van der Waals surface area contributed by atoms with Gasteiger partial charge in [0, 0.05) is 19.6 Å². The molecule has 2 heterocycles. The minimum absolute atomic E-state index is 0.109. The summed E-state index contributed by atoms with van der Waals surface area (Å²) in [5.41, 5.74) is 0.892. The Morgan fingerprint density at radius 3 is 2.10 bits per heavy atom. The van der Waals surface area contributed by atoms with Gasteiger partial charge in [-0.25, -0.2) is 16.8 Å². The Morgan fingerprint density at radius 1 is 0.833 bits per heavy atom. The van der Waals surface area contributed by atoms with Gasteiger partial charge in [0.1, 0.15) is 5.75 Å². The fraction of sp³-hybridized carbons (Fsp3) is 0.429. The van der Waals surface area contributed by atoms with Gasteiger partial charge in [-0.05, 0) is 67.6 Å². The number of sulfonamides is 2. The summed E-state index contributed by atoms with van der Waals surface area (Å²) in [7, 11) is -5.74. The summed E-state index contributed by atoms with van der Waals surface area (Å²) in [4.78, 5) is 0.242. The minimum atomic E-state index is -3.75. The van der Waals surface area contributed by atoms with Gasteiger partial charge in [0.15, 0.2) is 0 Å². The number of benzene rings is 2. The number of hydrogen-bond acceptors (Lipinski definition) is 5. The molecule has 1 unspecified atom stereocenters. The minimum Gasteiger partial charge on any atom is -0.497 e. The van der Waals surface area contributed by atoms with Crippen LogP contribution >= 0.6 is 0 Å². The maximum absolute atomic E-state index is 13.3. The number of hydrogen-bond donors (Lipinski definition) is 0. The largest absolute Gasteiger partial charge is 0.497 e. The zero-order valence-corrected chi connectivity index (χ0v) is 18.5. The van der Waals surface area contributed by atoms with Crippen molar-refractivity contribution in [3.63, 3.8) is 0 Å². The van der Waals surface area contributed by atoms with E-state index in [0.717, 1.165) is 31.2 Å². The lowest BCUT2D eigenvalue weighted by Gasteiger charge is -2.25. The Hall–Kier alpha value is -1.94. The van der Waals surface area contributed by atoms with E-state index in [1.807, 2.05) is 24.3 Å². The van der Waals surface area contributed by atoms with Crippen molar-refractivity contribution in [2.75, 3.05) is 26.7 Å². The first-order valence-corrected chi connectivity index (χ1v) is 13.0. The van der Waals surface area contributed by atoms with E-state index in [2.05, 4.69) is 0 Å². The smallest absolute Gasteiger partial charge is 0.243 e. The van der Waals surface area contributed by atoms with Gasteiger partial charge in [-0.1, -0.05) is 12.1 Å². The molecule has 0 saturated carbocycles. The lowest BCUT2D eigenvalue weighted by molar-refractivity contribution is 0.390. The third kappa shape index (κ3) is 3.87. The van der Waals surface area contributed by atoms with Gasteiger partial charge in [-0.3, -0.25) is 0 Å². The third-order valence-electron chi connectivity index (χ3n) is 5.82. The van der Waals surface area contributed by atoms with Crippen LogP contribution in [-0.2, 0) is 20.0 Å². The maximum atomic E-state index is 13.3. The molecule has 162 valence electrons. The highest BCUT2D eigenvalue weighted by Gasteiger charge is 2.36. The van der Waals surface area contributed by atoms with Crippen LogP contribution in [0.4, 0.5) is 0 Å². The van der Waals surface area contributed by atoms with E-state index >= 15 is 0 Å². The highest BCUT2D eigenvalue weighted by molar-refractivity contribution is 7.89. The van der Waals surface area contributed by atoms with Crippen LogP contribution in [0.25, 0.3) is 0 Å². The van der Waals surface area contributed by atoms with Gasteiger partial charge >= 0.3 is 0 Å². The van der Waals surface area contributed by atoms with Crippen molar-refractivity contribution in [3.05, 3.63) is 54.1 Å². The molecule has 0 aromatic heterocycles. The van der Waals surface area contributed by atoms with E-state index in [-0.39, 0.29) is 15.8 Å². The molecular weight excluding hydrogens is 424 g/mol. The van der Waals surface area contributed by atoms with Crippen LogP contribution in [0.1, 0.15) is 37.3 Å². The van der Waals surface area contributed by atoms with E-state index in [9.17, 15) is 16.8 Å². The molecule has 2 saturated heterocycles. The van der Waals surface area contributed by atoms with Crippen LogP contribution in [0, 0.1) is 0 Å². The molecule has 9 heteroatoms. The summed E-state index contributed by atoms with van der Waals surface area (Å²) in [5.74, 6) is 0.688. The first-order chi connectivity index (χ1) is 14.3. The number of nitrogens with zero attached hydrogens (tertiary/aromatic N) is 2. The monoisotopic (exact) mass is 450 g/mol. The van der Waals surface area contributed by atoms with Gasteiger partial charge in [-0.2, -0.15) is 8.61 Å².